The molecule has 2 unspecified atom stereocenters. The van der Waals surface area contributed by atoms with Crippen molar-refractivity contribution in [1.29, 1.82) is 5.26 Å². The zero-order valence-corrected chi connectivity index (χ0v) is 23.3. The fraction of sp³-hybridized carbons (Fsp3) is 0.481. The lowest BCUT2D eigenvalue weighted by molar-refractivity contribution is -0.00177. The molecule has 3 aromatic rings. The minimum Gasteiger partial charge on any atom is -0.387 e. The van der Waals surface area contributed by atoms with Crippen molar-refractivity contribution in [3.8, 4) is 17.5 Å². The van der Waals surface area contributed by atoms with Gasteiger partial charge in [0.2, 0.25) is 10.0 Å². The number of amides is 1. The molecule has 2 bridgehead atoms. The molecule has 4 heterocycles. The van der Waals surface area contributed by atoms with E-state index in [0.29, 0.717) is 41.2 Å². The number of alkyl halides is 1. The second-order valence-corrected chi connectivity index (χ2v) is 13.2. The molecule has 2 aliphatic rings. The van der Waals surface area contributed by atoms with Crippen molar-refractivity contribution in [2.75, 3.05) is 31.2 Å². The fourth-order valence-corrected chi connectivity index (χ4v) is 6.47. The van der Waals surface area contributed by atoms with E-state index in [2.05, 4.69) is 26.8 Å². The summed E-state index contributed by atoms with van der Waals surface area (Å²) in [6.07, 6.45) is 4.14. The molecular weight excluding hydrogens is 537 g/mol. The Hall–Kier alpha value is -3.60. The van der Waals surface area contributed by atoms with Gasteiger partial charge in [0.05, 0.1) is 58.3 Å². The van der Waals surface area contributed by atoms with Crippen molar-refractivity contribution in [2.24, 2.45) is 11.8 Å². The molecule has 40 heavy (non-hydrogen) atoms. The quantitative estimate of drug-likeness (QED) is 0.373. The number of carbonyl (C=O) groups is 1. The molecule has 212 valence electrons. The Bertz CT molecular complexity index is 1580. The van der Waals surface area contributed by atoms with E-state index in [4.69, 9.17) is 0 Å². The number of nitrogens with zero attached hydrogens (tertiary/aromatic N) is 5. The maximum atomic E-state index is 14.4. The number of piperidine rings is 1. The number of nitrogens with one attached hydrogen (secondary N) is 2. The van der Waals surface area contributed by atoms with Gasteiger partial charge >= 0.3 is 0 Å². The highest BCUT2D eigenvalue weighted by atomic mass is 32.2. The van der Waals surface area contributed by atoms with Gasteiger partial charge in [-0.1, -0.05) is 0 Å². The third kappa shape index (κ3) is 5.52. The monoisotopic (exact) mass is 569 g/mol. The molecule has 3 atom stereocenters. The summed E-state index contributed by atoms with van der Waals surface area (Å²) in [5.41, 5.74) is 1.38. The summed E-state index contributed by atoms with van der Waals surface area (Å²) in [6, 6.07) is 9.09. The first kappa shape index (κ1) is 27.9. The van der Waals surface area contributed by atoms with Crippen LogP contribution in [0.4, 0.5) is 10.1 Å². The lowest BCUT2D eigenvalue weighted by Gasteiger charge is -2.37. The highest BCUT2D eigenvalue weighted by Crippen LogP contribution is 2.40. The summed E-state index contributed by atoms with van der Waals surface area (Å²) in [7, 11) is -3.31. The smallest absolute Gasteiger partial charge is 0.255 e. The highest BCUT2D eigenvalue weighted by Gasteiger charge is 2.44. The molecule has 2 fully saturated rings. The largest absolute Gasteiger partial charge is 0.387 e. The number of halogens is 1. The number of sulfonamides is 1. The van der Waals surface area contributed by atoms with Gasteiger partial charge in [0.25, 0.3) is 5.91 Å². The number of aromatic nitrogens is 3. The fourth-order valence-electron chi connectivity index (χ4n) is 5.54. The second kappa shape index (κ2) is 10.4. The standard InChI is InChI=1S/C27H32FN7O4S/c1-27(2,37)24(28)13-31-26(36)20-12-30-22(23-7-6-19-8-16(10-29)11-32-35(19)23)9-21(20)33-25-17-4-5-18(25)15-34(14-17)40(3,38)39/h6-9,11-12,17-18,24-25,37H,4-5,13-15H2,1-3H3,(H,30,33)(H,31,36)/t17?,18?,24-,25?/m1/s1. The van der Waals surface area contributed by atoms with E-state index in [1.807, 2.05) is 12.1 Å². The first-order valence-corrected chi connectivity index (χ1v) is 14.9. The Morgan fingerprint density at radius 2 is 1.95 bits per heavy atom. The molecule has 3 aromatic heterocycles. The number of fused-ring (bicyclic) bond motifs is 3. The van der Waals surface area contributed by atoms with Crippen molar-refractivity contribution in [3.63, 3.8) is 0 Å². The van der Waals surface area contributed by atoms with Crippen molar-refractivity contribution < 1.29 is 22.7 Å². The van der Waals surface area contributed by atoms with Crippen molar-refractivity contribution in [2.45, 2.75) is 44.5 Å². The molecule has 0 aromatic carbocycles. The number of carbonyl (C=O) groups excluding carboxylic acids is 1. The average molecular weight is 570 g/mol. The minimum absolute atomic E-state index is 0.0617. The van der Waals surface area contributed by atoms with E-state index in [1.165, 1.54) is 36.8 Å². The molecule has 11 nitrogen and oxygen atoms in total. The molecule has 5 rings (SSSR count). The zero-order valence-electron chi connectivity index (χ0n) is 22.5. The van der Waals surface area contributed by atoms with Crippen LogP contribution in [-0.4, -0.2) is 82.0 Å². The molecule has 1 amide bonds. The number of aliphatic hydroxyl groups is 1. The molecule has 13 heteroatoms. The van der Waals surface area contributed by atoms with Gasteiger partial charge < -0.3 is 15.7 Å². The maximum Gasteiger partial charge on any atom is 0.255 e. The first-order valence-electron chi connectivity index (χ1n) is 13.1. The van der Waals surface area contributed by atoms with Gasteiger partial charge in [0, 0.05) is 25.3 Å². The first-order chi connectivity index (χ1) is 18.8. The summed E-state index contributed by atoms with van der Waals surface area (Å²) in [5, 5.41) is 29.5. The number of nitriles is 1. The summed E-state index contributed by atoms with van der Waals surface area (Å²) in [4.78, 5) is 17.7. The summed E-state index contributed by atoms with van der Waals surface area (Å²) in [6.45, 7) is 3.09. The number of rotatable bonds is 8. The van der Waals surface area contributed by atoms with Crippen molar-refractivity contribution in [3.05, 3.63) is 47.8 Å². The number of hydrogen-bond acceptors (Lipinski definition) is 8. The van der Waals surface area contributed by atoms with Gasteiger partial charge in [-0.3, -0.25) is 9.78 Å². The Morgan fingerprint density at radius 1 is 1.25 bits per heavy atom. The number of pyridine rings is 1. The van der Waals surface area contributed by atoms with E-state index < -0.39 is 27.7 Å². The molecule has 0 spiro atoms. The van der Waals surface area contributed by atoms with E-state index >= 15 is 0 Å². The predicted molar refractivity (Wildman–Crippen MR) is 147 cm³/mol. The highest BCUT2D eigenvalue weighted by molar-refractivity contribution is 7.88. The maximum absolute atomic E-state index is 14.4. The Labute approximate surface area is 232 Å². The molecule has 0 radical (unpaired) electrons. The normalized spacial score (nSPS) is 22.1. The number of hydrogen-bond donors (Lipinski definition) is 3. The molecule has 1 aliphatic carbocycles. The van der Waals surface area contributed by atoms with Crippen LogP contribution in [0.3, 0.4) is 0 Å². The van der Waals surface area contributed by atoms with E-state index in [-0.39, 0.29) is 30.0 Å². The third-order valence-corrected chi connectivity index (χ3v) is 9.08. The van der Waals surface area contributed by atoms with Crippen LogP contribution in [0.15, 0.2) is 36.7 Å². The van der Waals surface area contributed by atoms with Crippen LogP contribution in [0.2, 0.25) is 0 Å². The van der Waals surface area contributed by atoms with Gasteiger partial charge in [-0.05, 0) is 62.8 Å². The van der Waals surface area contributed by atoms with Crippen LogP contribution in [0, 0.1) is 23.2 Å². The van der Waals surface area contributed by atoms with Gasteiger partial charge in [0.1, 0.15) is 12.2 Å². The van der Waals surface area contributed by atoms with E-state index in [9.17, 15) is 28.0 Å². The minimum atomic E-state index is -3.31. The molecule has 1 aliphatic heterocycles. The van der Waals surface area contributed by atoms with Crippen LogP contribution in [0.25, 0.3) is 16.9 Å². The van der Waals surface area contributed by atoms with Crippen molar-refractivity contribution >= 4 is 27.1 Å². The number of anilines is 1. The SMILES string of the molecule is CC(C)(O)[C@H](F)CNC(=O)c1cnc(-c2ccc3cc(C#N)cnn23)cc1NC1C2CCC1CN(S(C)(=O)=O)C2. The van der Waals surface area contributed by atoms with Crippen LogP contribution in [0.1, 0.15) is 42.6 Å². The zero-order chi connectivity index (χ0) is 28.8. The molecule has 3 N–H and O–H groups in total. The van der Waals surface area contributed by atoms with Gasteiger partial charge in [0.15, 0.2) is 0 Å². The van der Waals surface area contributed by atoms with Crippen LogP contribution in [-0.2, 0) is 10.0 Å². The van der Waals surface area contributed by atoms with Crippen LogP contribution in [0.5, 0.6) is 0 Å². The Morgan fingerprint density at radius 3 is 2.58 bits per heavy atom. The summed E-state index contributed by atoms with van der Waals surface area (Å²) < 4.78 is 42.0. The Kier molecular flexibility index (Phi) is 7.28. The van der Waals surface area contributed by atoms with Crippen LogP contribution >= 0.6 is 0 Å². The lowest BCUT2D eigenvalue weighted by atomic mass is 9.93. The van der Waals surface area contributed by atoms with Crippen molar-refractivity contribution in [1.82, 2.24) is 24.2 Å². The van der Waals surface area contributed by atoms with Crippen LogP contribution < -0.4 is 10.6 Å². The molecular formula is C27H32FN7O4S. The van der Waals surface area contributed by atoms with E-state index in [1.54, 1.807) is 16.6 Å². The van der Waals surface area contributed by atoms with E-state index in [0.717, 1.165) is 12.8 Å². The van der Waals surface area contributed by atoms with Gasteiger partial charge in [-0.2, -0.15) is 10.4 Å². The predicted octanol–water partition coefficient (Wildman–Crippen LogP) is 2.19. The molecule has 1 saturated carbocycles. The third-order valence-electron chi connectivity index (χ3n) is 7.84. The summed E-state index contributed by atoms with van der Waals surface area (Å²) in [5.74, 6) is -0.426. The second-order valence-electron chi connectivity index (χ2n) is 11.2. The molecule has 1 saturated heterocycles. The summed E-state index contributed by atoms with van der Waals surface area (Å²) >= 11 is 0. The van der Waals surface area contributed by atoms with Gasteiger partial charge in [-0.25, -0.2) is 21.6 Å². The topological polar surface area (TPSA) is 153 Å². The average Bonchev–Trinajstić information content (AvgIpc) is 3.41. The van der Waals surface area contributed by atoms with Gasteiger partial charge in [-0.15, -0.1) is 0 Å². The lowest BCUT2D eigenvalue weighted by Crippen LogP contribution is -2.50. The Balaban J connectivity index is 1.48.